The molecule has 6 nitrogen and oxygen atoms in total. The summed E-state index contributed by atoms with van der Waals surface area (Å²) in [7, 11) is -0.975. The first-order valence-corrected chi connectivity index (χ1v) is 11.2. The van der Waals surface area contributed by atoms with E-state index in [2.05, 4.69) is 0 Å². The Morgan fingerprint density at radius 3 is 1.74 bits per heavy atom. The molecule has 170 valence electrons. The van der Waals surface area contributed by atoms with Crippen molar-refractivity contribution in [3.05, 3.63) is 29.8 Å². The number of benzene rings is 1. The second kappa shape index (κ2) is 8.22. The van der Waals surface area contributed by atoms with Crippen LogP contribution in [0.4, 0.5) is 0 Å². The molecule has 0 spiro atoms. The van der Waals surface area contributed by atoms with Gasteiger partial charge in [-0.2, -0.15) is 0 Å². The molecule has 0 N–H and O–H groups in total. The molecule has 0 amide bonds. The summed E-state index contributed by atoms with van der Waals surface area (Å²) in [6.07, 6.45) is 0.181. The summed E-state index contributed by atoms with van der Waals surface area (Å²) in [6, 6.07) is 7.96. The van der Waals surface area contributed by atoms with Crippen molar-refractivity contribution in [3.8, 4) is 0 Å². The van der Waals surface area contributed by atoms with E-state index in [0.29, 0.717) is 6.61 Å². The summed E-state index contributed by atoms with van der Waals surface area (Å²) in [5, 5.41) is 0. The van der Waals surface area contributed by atoms with Gasteiger partial charge in [0.2, 0.25) is 0 Å². The fourth-order valence-electron chi connectivity index (χ4n) is 3.70. The average molecular weight is 430 g/mol. The van der Waals surface area contributed by atoms with Crippen LogP contribution in [0.2, 0.25) is 0 Å². The molecule has 1 atom stereocenters. The van der Waals surface area contributed by atoms with Crippen molar-refractivity contribution in [2.75, 3.05) is 6.61 Å². The number of carbonyl (C=O) groups excluding carboxylic acids is 1. The Labute approximate surface area is 187 Å². The predicted octanol–water partition coefficient (Wildman–Crippen LogP) is 3.65. The molecule has 0 aromatic heterocycles. The molecule has 0 bridgehead atoms. The minimum Gasteiger partial charge on any atom is -0.466 e. The number of hydrogen-bond acceptors (Lipinski definition) is 6. The van der Waals surface area contributed by atoms with Crippen molar-refractivity contribution in [1.29, 1.82) is 0 Å². The van der Waals surface area contributed by atoms with Gasteiger partial charge in [0, 0.05) is 5.82 Å². The lowest BCUT2D eigenvalue weighted by molar-refractivity contribution is -0.143. The Balaban J connectivity index is 1.84. The summed E-state index contributed by atoms with van der Waals surface area (Å²) in [5.41, 5.74) is 0.134. The van der Waals surface area contributed by atoms with Crippen LogP contribution in [-0.4, -0.2) is 49.2 Å². The van der Waals surface area contributed by atoms with Gasteiger partial charge in [0.15, 0.2) is 0 Å². The zero-order valence-electron chi connectivity index (χ0n) is 20.4. The summed E-state index contributed by atoms with van der Waals surface area (Å²) in [5.74, 6) is -0.551. The van der Waals surface area contributed by atoms with E-state index in [9.17, 15) is 4.79 Å². The lowest BCUT2D eigenvalue weighted by Crippen LogP contribution is -2.41. The van der Waals surface area contributed by atoms with Crippen molar-refractivity contribution >= 4 is 25.7 Å². The standard InChI is InChI=1S/C23H36B2O6/c1-10-27-19(26)15-18(25-30-22(6,7)23(8,9)31-25)16-11-13-17(14-12-16)24-28-20(2,3)21(4,5)29-24/h11-14,18H,10,15H2,1-9H3. The molecule has 0 radical (unpaired) electrons. The molecule has 2 heterocycles. The number of ether oxygens (including phenoxy) is 1. The summed E-state index contributed by atoms with van der Waals surface area (Å²) < 4.78 is 30.1. The first kappa shape index (κ1) is 24.3. The van der Waals surface area contributed by atoms with Crippen LogP contribution in [0.25, 0.3) is 0 Å². The second-order valence-electron chi connectivity index (χ2n) is 10.5. The maximum absolute atomic E-state index is 12.4. The van der Waals surface area contributed by atoms with Gasteiger partial charge in [0.05, 0.1) is 35.4 Å². The van der Waals surface area contributed by atoms with Crippen molar-refractivity contribution < 1.29 is 28.1 Å². The van der Waals surface area contributed by atoms with E-state index in [1.165, 1.54) is 0 Å². The summed E-state index contributed by atoms with van der Waals surface area (Å²) in [4.78, 5) is 12.4. The molecule has 2 aliphatic rings. The Bertz CT molecular complexity index is 771. The van der Waals surface area contributed by atoms with E-state index in [0.717, 1.165) is 11.0 Å². The van der Waals surface area contributed by atoms with Crippen molar-refractivity contribution in [2.24, 2.45) is 0 Å². The normalized spacial score (nSPS) is 24.3. The monoisotopic (exact) mass is 430 g/mol. The molecule has 3 rings (SSSR count). The Kier molecular flexibility index (Phi) is 6.44. The summed E-state index contributed by atoms with van der Waals surface area (Å²) in [6.45, 7) is 18.3. The fourth-order valence-corrected chi connectivity index (χ4v) is 3.70. The van der Waals surface area contributed by atoms with Gasteiger partial charge in [-0.15, -0.1) is 0 Å². The highest BCUT2D eigenvalue weighted by Crippen LogP contribution is 2.42. The molecule has 1 aromatic carbocycles. The lowest BCUT2D eigenvalue weighted by atomic mass is 9.65. The molecule has 2 saturated heterocycles. The zero-order valence-corrected chi connectivity index (χ0v) is 20.4. The number of esters is 1. The topological polar surface area (TPSA) is 63.2 Å². The van der Waals surface area contributed by atoms with E-state index >= 15 is 0 Å². The zero-order chi connectivity index (χ0) is 23.2. The summed E-state index contributed by atoms with van der Waals surface area (Å²) >= 11 is 0. The van der Waals surface area contributed by atoms with Gasteiger partial charge in [-0.05, 0) is 73.3 Å². The number of carbonyl (C=O) groups is 1. The van der Waals surface area contributed by atoms with E-state index in [1.54, 1.807) is 6.92 Å². The molecule has 31 heavy (non-hydrogen) atoms. The van der Waals surface area contributed by atoms with Crippen molar-refractivity contribution in [2.45, 2.75) is 97.0 Å². The van der Waals surface area contributed by atoms with Crippen LogP contribution in [0.3, 0.4) is 0 Å². The van der Waals surface area contributed by atoms with Gasteiger partial charge < -0.3 is 23.4 Å². The van der Waals surface area contributed by atoms with Crippen LogP contribution in [0.15, 0.2) is 24.3 Å². The predicted molar refractivity (Wildman–Crippen MR) is 122 cm³/mol. The van der Waals surface area contributed by atoms with Crippen molar-refractivity contribution in [3.63, 3.8) is 0 Å². The van der Waals surface area contributed by atoms with E-state index in [1.807, 2.05) is 79.7 Å². The fraction of sp³-hybridized carbons (Fsp3) is 0.696. The Hall–Kier alpha value is -1.34. The lowest BCUT2D eigenvalue weighted by Gasteiger charge is -2.32. The van der Waals surface area contributed by atoms with Gasteiger partial charge in [-0.25, -0.2) is 0 Å². The first-order valence-electron chi connectivity index (χ1n) is 11.2. The highest BCUT2D eigenvalue weighted by Gasteiger charge is 2.55. The molecule has 1 unspecified atom stereocenters. The molecule has 2 fully saturated rings. The van der Waals surface area contributed by atoms with Crippen LogP contribution in [-0.2, 0) is 28.1 Å². The first-order chi connectivity index (χ1) is 14.2. The van der Waals surface area contributed by atoms with Gasteiger partial charge in [0.1, 0.15) is 0 Å². The van der Waals surface area contributed by atoms with Gasteiger partial charge in [0.25, 0.3) is 0 Å². The van der Waals surface area contributed by atoms with Gasteiger partial charge >= 0.3 is 20.2 Å². The largest absolute Gasteiger partial charge is 0.494 e. The van der Waals surface area contributed by atoms with E-state index < -0.39 is 36.6 Å². The molecular formula is C23H36B2O6. The smallest absolute Gasteiger partial charge is 0.466 e. The average Bonchev–Trinajstić information content (AvgIpc) is 2.99. The molecular weight excluding hydrogens is 394 g/mol. The highest BCUT2D eigenvalue weighted by atomic mass is 16.7. The van der Waals surface area contributed by atoms with Crippen LogP contribution in [0, 0.1) is 0 Å². The van der Waals surface area contributed by atoms with Crippen LogP contribution in [0.1, 0.15) is 80.1 Å². The van der Waals surface area contributed by atoms with Crippen LogP contribution in [0.5, 0.6) is 0 Å². The third-order valence-corrected chi connectivity index (χ3v) is 7.18. The third kappa shape index (κ3) is 4.72. The highest BCUT2D eigenvalue weighted by molar-refractivity contribution is 6.62. The molecule has 0 aliphatic carbocycles. The molecule has 2 aliphatic heterocycles. The van der Waals surface area contributed by atoms with Crippen LogP contribution >= 0.6 is 0 Å². The third-order valence-electron chi connectivity index (χ3n) is 7.18. The van der Waals surface area contributed by atoms with Gasteiger partial charge in [-0.3, -0.25) is 4.79 Å². The Morgan fingerprint density at radius 2 is 1.29 bits per heavy atom. The number of rotatable bonds is 6. The quantitative estimate of drug-likeness (QED) is 0.507. The maximum Gasteiger partial charge on any atom is 0.494 e. The SMILES string of the molecule is CCOC(=O)CC(B1OC(C)(C)C(C)(C)O1)c1ccc(B2OC(C)(C)C(C)(C)O2)cc1. The minimum absolute atomic E-state index is 0.181. The van der Waals surface area contributed by atoms with Gasteiger partial charge in [-0.1, -0.05) is 24.3 Å². The van der Waals surface area contributed by atoms with Crippen molar-refractivity contribution in [1.82, 2.24) is 0 Å². The molecule has 8 heteroatoms. The molecule has 0 saturated carbocycles. The maximum atomic E-state index is 12.4. The minimum atomic E-state index is -0.544. The van der Waals surface area contributed by atoms with E-state index in [-0.39, 0.29) is 18.2 Å². The number of hydrogen-bond donors (Lipinski definition) is 0. The second-order valence-corrected chi connectivity index (χ2v) is 10.5. The molecule has 1 aromatic rings. The van der Waals surface area contributed by atoms with Crippen LogP contribution < -0.4 is 5.46 Å². The Morgan fingerprint density at radius 1 is 0.839 bits per heavy atom. The van der Waals surface area contributed by atoms with E-state index in [4.69, 9.17) is 23.4 Å².